The van der Waals surface area contributed by atoms with Crippen molar-refractivity contribution in [2.24, 2.45) is 0 Å². The Bertz CT molecular complexity index is 450. The molecule has 0 amide bonds. The van der Waals surface area contributed by atoms with Gasteiger partial charge >= 0.3 is 0 Å². The molecule has 80 valence electrons. The van der Waals surface area contributed by atoms with Crippen molar-refractivity contribution in [3.05, 3.63) is 24.0 Å². The Labute approximate surface area is 86.7 Å². The molecule has 15 heavy (non-hydrogen) atoms. The topological polar surface area (TPSA) is 91.2 Å². The van der Waals surface area contributed by atoms with Crippen LogP contribution >= 0.6 is 0 Å². The molecule has 0 radical (unpaired) electrons. The maximum atomic E-state index is 9.23. The summed E-state index contributed by atoms with van der Waals surface area (Å²) in [6, 6.07) is 1.55. The number of nitrogens with two attached hydrogens (primary N) is 1. The van der Waals surface area contributed by atoms with Crippen LogP contribution < -0.4 is 16.3 Å². The van der Waals surface area contributed by atoms with Gasteiger partial charge in [-0.3, -0.25) is 5.41 Å². The summed E-state index contributed by atoms with van der Waals surface area (Å²) in [4.78, 5) is 5.85. The van der Waals surface area contributed by atoms with Crippen molar-refractivity contribution in [1.82, 2.24) is 9.71 Å². The molecule has 1 aliphatic heterocycles. The first-order valence-corrected chi connectivity index (χ1v) is 4.75. The number of hydrogen-bond acceptors (Lipinski definition) is 5. The molecule has 0 fully saturated rings. The summed E-state index contributed by atoms with van der Waals surface area (Å²) < 4.78 is 0.553. The second-order valence-electron chi connectivity index (χ2n) is 3.40. The predicted octanol–water partition coefficient (Wildman–Crippen LogP) is 0.296. The van der Waals surface area contributed by atoms with Crippen molar-refractivity contribution < 1.29 is 5.21 Å². The lowest BCUT2D eigenvalue weighted by molar-refractivity contribution is 0.171. The highest BCUT2D eigenvalue weighted by Gasteiger charge is 2.10. The molecule has 0 saturated heterocycles. The van der Waals surface area contributed by atoms with Crippen LogP contribution in [-0.4, -0.2) is 21.5 Å². The molecular formula is C9H13N5O. The van der Waals surface area contributed by atoms with E-state index in [2.05, 4.69) is 4.98 Å². The zero-order valence-electron chi connectivity index (χ0n) is 8.22. The van der Waals surface area contributed by atoms with Gasteiger partial charge in [0.15, 0.2) is 0 Å². The molecule has 2 rings (SSSR count). The van der Waals surface area contributed by atoms with Crippen molar-refractivity contribution in [2.45, 2.75) is 12.8 Å². The van der Waals surface area contributed by atoms with Crippen molar-refractivity contribution in [3.63, 3.8) is 0 Å². The minimum absolute atomic E-state index is 0.115. The second-order valence-corrected chi connectivity index (χ2v) is 3.40. The van der Waals surface area contributed by atoms with Gasteiger partial charge in [0.2, 0.25) is 0 Å². The van der Waals surface area contributed by atoms with E-state index in [1.807, 2.05) is 17.2 Å². The zero-order chi connectivity index (χ0) is 10.8. The monoisotopic (exact) mass is 207 g/mol. The van der Waals surface area contributed by atoms with Gasteiger partial charge in [-0.15, -0.1) is 4.73 Å². The highest BCUT2D eigenvalue weighted by molar-refractivity contribution is 5.48. The minimum Gasteiger partial charge on any atom is -0.423 e. The van der Waals surface area contributed by atoms with Gasteiger partial charge in [0.05, 0.1) is 0 Å². The first kappa shape index (κ1) is 9.57. The molecule has 1 aliphatic rings. The molecule has 0 unspecified atom stereocenters. The van der Waals surface area contributed by atoms with Crippen LogP contribution in [0.15, 0.2) is 18.3 Å². The number of nitrogens with one attached hydrogen (secondary N) is 1. The normalized spacial score (nSPS) is 15.6. The molecule has 0 bridgehead atoms. The number of hydrogen-bond donors (Lipinski definition) is 3. The molecule has 1 aromatic heterocycles. The Balaban J connectivity index is 2.40. The van der Waals surface area contributed by atoms with Gasteiger partial charge in [-0.05, 0) is 12.8 Å². The van der Waals surface area contributed by atoms with Crippen LogP contribution in [-0.2, 0) is 0 Å². The molecule has 0 spiro atoms. The quantitative estimate of drug-likeness (QED) is 0.577. The first-order valence-electron chi connectivity index (χ1n) is 4.75. The number of allylic oxidation sites excluding steroid dienone is 1. The summed E-state index contributed by atoms with van der Waals surface area (Å²) in [6.07, 6.45) is 6.09. The highest BCUT2D eigenvalue weighted by Crippen LogP contribution is 2.16. The fourth-order valence-electron chi connectivity index (χ4n) is 1.50. The summed E-state index contributed by atoms with van der Waals surface area (Å²) in [6.45, 7) is 0.859. The third kappa shape index (κ3) is 1.78. The third-order valence-corrected chi connectivity index (χ3v) is 2.29. The SMILES string of the molecule is N=c1nc(N2C=CCCC2)cc(N)n1O. The Morgan fingerprint density at radius 3 is 2.93 bits per heavy atom. The van der Waals surface area contributed by atoms with Gasteiger partial charge in [0, 0.05) is 18.8 Å². The lowest BCUT2D eigenvalue weighted by Gasteiger charge is -2.22. The first-order chi connectivity index (χ1) is 7.18. The van der Waals surface area contributed by atoms with Gasteiger partial charge in [0.25, 0.3) is 5.62 Å². The zero-order valence-corrected chi connectivity index (χ0v) is 8.22. The maximum Gasteiger partial charge on any atom is 0.259 e. The number of anilines is 2. The molecule has 1 aromatic rings. The van der Waals surface area contributed by atoms with Gasteiger partial charge in [-0.25, -0.2) is 0 Å². The Morgan fingerprint density at radius 1 is 1.53 bits per heavy atom. The third-order valence-electron chi connectivity index (χ3n) is 2.29. The molecule has 0 aliphatic carbocycles. The van der Waals surface area contributed by atoms with Gasteiger partial charge in [0.1, 0.15) is 11.6 Å². The van der Waals surface area contributed by atoms with Gasteiger partial charge in [-0.2, -0.15) is 4.98 Å². The van der Waals surface area contributed by atoms with E-state index in [9.17, 15) is 5.21 Å². The number of nitrogen functional groups attached to an aromatic ring is 1. The summed E-state index contributed by atoms with van der Waals surface area (Å²) in [7, 11) is 0. The Kier molecular flexibility index (Phi) is 2.32. The molecule has 6 heteroatoms. The summed E-state index contributed by atoms with van der Waals surface area (Å²) >= 11 is 0. The predicted molar refractivity (Wildman–Crippen MR) is 55.4 cm³/mol. The second kappa shape index (κ2) is 3.64. The van der Waals surface area contributed by atoms with Gasteiger partial charge < -0.3 is 15.8 Å². The summed E-state index contributed by atoms with van der Waals surface area (Å²) in [5.74, 6) is 0.711. The summed E-state index contributed by atoms with van der Waals surface area (Å²) in [5.41, 5.74) is 5.27. The highest BCUT2D eigenvalue weighted by atomic mass is 16.5. The lowest BCUT2D eigenvalue weighted by atomic mass is 10.2. The molecule has 2 heterocycles. The molecule has 6 nitrogen and oxygen atoms in total. The largest absolute Gasteiger partial charge is 0.423 e. The molecule has 4 N–H and O–H groups in total. The van der Waals surface area contributed by atoms with E-state index in [0.29, 0.717) is 10.5 Å². The van der Waals surface area contributed by atoms with Gasteiger partial charge in [-0.1, -0.05) is 6.08 Å². The molecule has 0 atom stereocenters. The average Bonchev–Trinajstić information content (AvgIpc) is 2.26. The number of nitrogens with zero attached hydrogens (tertiary/aromatic N) is 3. The Morgan fingerprint density at radius 2 is 2.33 bits per heavy atom. The van der Waals surface area contributed by atoms with Crippen LogP contribution in [0.2, 0.25) is 0 Å². The minimum atomic E-state index is -0.260. The molecule has 0 aromatic carbocycles. The number of aromatic nitrogens is 2. The van der Waals surface area contributed by atoms with E-state index in [0.717, 1.165) is 19.4 Å². The molecule has 0 saturated carbocycles. The van der Waals surface area contributed by atoms with E-state index >= 15 is 0 Å². The standard InChI is InChI=1S/C9H13N5O/c10-7-6-8(12-9(11)14(7)15)13-4-2-1-3-5-13/h2,4,6,11,15H,1,3,5,10H2. The fourth-order valence-corrected chi connectivity index (χ4v) is 1.50. The van der Waals surface area contributed by atoms with E-state index in [4.69, 9.17) is 11.1 Å². The van der Waals surface area contributed by atoms with E-state index < -0.39 is 0 Å². The van der Waals surface area contributed by atoms with Crippen LogP contribution in [0.4, 0.5) is 11.6 Å². The van der Waals surface area contributed by atoms with Crippen LogP contribution in [0.1, 0.15) is 12.8 Å². The summed E-state index contributed by atoms with van der Waals surface area (Å²) in [5, 5.41) is 16.6. The number of rotatable bonds is 1. The van der Waals surface area contributed by atoms with Crippen molar-refractivity contribution in [2.75, 3.05) is 17.2 Å². The fraction of sp³-hybridized carbons (Fsp3) is 0.333. The van der Waals surface area contributed by atoms with E-state index in [1.165, 1.54) is 0 Å². The Hall–Kier alpha value is -1.98. The van der Waals surface area contributed by atoms with E-state index in [-0.39, 0.29) is 11.4 Å². The van der Waals surface area contributed by atoms with E-state index in [1.54, 1.807) is 6.07 Å². The van der Waals surface area contributed by atoms with Crippen LogP contribution in [0.25, 0.3) is 0 Å². The van der Waals surface area contributed by atoms with Crippen molar-refractivity contribution in [1.29, 1.82) is 5.41 Å². The van der Waals surface area contributed by atoms with Crippen LogP contribution in [0.3, 0.4) is 0 Å². The van der Waals surface area contributed by atoms with Crippen LogP contribution in [0.5, 0.6) is 0 Å². The average molecular weight is 207 g/mol. The molecular weight excluding hydrogens is 194 g/mol. The van der Waals surface area contributed by atoms with Crippen LogP contribution in [0, 0.1) is 5.41 Å². The van der Waals surface area contributed by atoms with Crippen molar-refractivity contribution >= 4 is 11.6 Å². The lowest BCUT2D eigenvalue weighted by Crippen LogP contribution is -2.29. The maximum absolute atomic E-state index is 9.23. The van der Waals surface area contributed by atoms with Crippen molar-refractivity contribution in [3.8, 4) is 0 Å². The smallest absolute Gasteiger partial charge is 0.259 e.